The second-order valence-corrected chi connectivity index (χ2v) is 6.83. The summed E-state index contributed by atoms with van der Waals surface area (Å²) in [5.74, 6) is 0.281. The molecule has 4 rings (SSSR count). The molecule has 1 aliphatic heterocycles. The molecule has 3 heterocycles. The second kappa shape index (κ2) is 7.18. The van der Waals surface area contributed by atoms with Crippen molar-refractivity contribution in [1.29, 1.82) is 0 Å². The Balaban J connectivity index is 1.60. The van der Waals surface area contributed by atoms with E-state index in [1.54, 1.807) is 0 Å². The minimum Gasteiger partial charge on any atom is -0.376 e. The van der Waals surface area contributed by atoms with Gasteiger partial charge in [-0.1, -0.05) is 23.5 Å². The number of para-hydroxylation sites is 1. The van der Waals surface area contributed by atoms with Gasteiger partial charge in [-0.15, -0.1) is 0 Å². The van der Waals surface area contributed by atoms with E-state index in [1.807, 2.05) is 24.3 Å². The van der Waals surface area contributed by atoms with Gasteiger partial charge in [-0.2, -0.15) is 0 Å². The Morgan fingerprint density at radius 1 is 1.31 bits per heavy atom. The highest BCUT2D eigenvalue weighted by Gasteiger charge is 2.25. The predicted molar refractivity (Wildman–Crippen MR) is 99.1 cm³/mol. The zero-order valence-electron chi connectivity index (χ0n) is 13.7. The molecule has 0 radical (unpaired) electrons. The Labute approximate surface area is 152 Å². The topological polar surface area (TPSA) is 115 Å². The van der Waals surface area contributed by atoms with Gasteiger partial charge < -0.3 is 15.4 Å². The number of rotatable bonds is 6. The number of benzene rings is 1. The zero-order valence-corrected chi connectivity index (χ0v) is 14.5. The summed E-state index contributed by atoms with van der Waals surface area (Å²) in [5.41, 5.74) is 0.623. The van der Waals surface area contributed by atoms with Crippen molar-refractivity contribution in [1.82, 2.24) is 15.0 Å². The van der Waals surface area contributed by atoms with E-state index in [9.17, 15) is 10.1 Å². The van der Waals surface area contributed by atoms with E-state index in [-0.39, 0.29) is 23.4 Å². The summed E-state index contributed by atoms with van der Waals surface area (Å²) >= 11 is 1.41. The molecule has 10 heteroatoms. The standard InChI is InChI=1S/C16H16N6O3S/c23-22(24)13-14(17-8-10-4-3-7-25-10)18-9-19-15(13)21-16-20-11-5-1-2-6-12(11)26-16/h1-2,5-6,9-10H,3-4,7-8H2,(H2,17,18,19,20,21). The maximum absolute atomic E-state index is 11.6. The largest absolute Gasteiger partial charge is 0.376 e. The van der Waals surface area contributed by atoms with Crippen LogP contribution in [0.3, 0.4) is 0 Å². The molecule has 1 aliphatic rings. The van der Waals surface area contributed by atoms with E-state index < -0.39 is 4.92 Å². The van der Waals surface area contributed by atoms with Gasteiger partial charge in [0.15, 0.2) is 5.13 Å². The van der Waals surface area contributed by atoms with Crippen LogP contribution >= 0.6 is 11.3 Å². The summed E-state index contributed by atoms with van der Waals surface area (Å²) in [6.07, 6.45) is 3.27. The minimum atomic E-state index is -0.493. The lowest BCUT2D eigenvalue weighted by Gasteiger charge is -2.12. The third-order valence-corrected chi connectivity index (χ3v) is 5.00. The van der Waals surface area contributed by atoms with E-state index in [0.717, 1.165) is 29.7 Å². The van der Waals surface area contributed by atoms with E-state index in [2.05, 4.69) is 25.6 Å². The summed E-state index contributed by atoms with van der Waals surface area (Å²) in [6, 6.07) is 7.65. The molecule has 1 unspecified atom stereocenters. The molecule has 1 atom stereocenters. The normalized spacial score (nSPS) is 16.7. The van der Waals surface area contributed by atoms with Crippen molar-refractivity contribution in [2.75, 3.05) is 23.8 Å². The Hall–Kier alpha value is -2.85. The monoisotopic (exact) mass is 372 g/mol. The fraction of sp³-hybridized carbons (Fsp3) is 0.312. The van der Waals surface area contributed by atoms with Crippen molar-refractivity contribution in [3.8, 4) is 0 Å². The van der Waals surface area contributed by atoms with Gasteiger partial charge in [-0.05, 0) is 25.0 Å². The van der Waals surface area contributed by atoms with Crippen LogP contribution in [0.5, 0.6) is 0 Å². The van der Waals surface area contributed by atoms with E-state index in [1.165, 1.54) is 17.7 Å². The summed E-state index contributed by atoms with van der Waals surface area (Å²) < 4.78 is 6.52. The zero-order chi connectivity index (χ0) is 17.9. The lowest BCUT2D eigenvalue weighted by atomic mass is 10.2. The molecule has 134 valence electrons. The number of anilines is 3. The number of ether oxygens (including phenoxy) is 1. The third-order valence-electron chi connectivity index (χ3n) is 4.05. The van der Waals surface area contributed by atoms with Gasteiger partial charge >= 0.3 is 5.69 Å². The number of nitro groups is 1. The van der Waals surface area contributed by atoms with Gasteiger partial charge in [0, 0.05) is 13.2 Å². The lowest BCUT2D eigenvalue weighted by molar-refractivity contribution is -0.383. The Bertz CT molecular complexity index is 908. The number of nitrogens with zero attached hydrogens (tertiary/aromatic N) is 4. The summed E-state index contributed by atoms with van der Waals surface area (Å²) in [6.45, 7) is 1.20. The van der Waals surface area contributed by atoms with Gasteiger partial charge in [-0.3, -0.25) is 10.1 Å². The van der Waals surface area contributed by atoms with Crippen LogP contribution in [0.15, 0.2) is 30.6 Å². The fourth-order valence-electron chi connectivity index (χ4n) is 2.82. The van der Waals surface area contributed by atoms with Crippen LogP contribution in [-0.4, -0.2) is 39.1 Å². The van der Waals surface area contributed by atoms with Gasteiger partial charge in [0.05, 0.1) is 21.2 Å². The molecule has 26 heavy (non-hydrogen) atoms. The van der Waals surface area contributed by atoms with Crippen LogP contribution < -0.4 is 10.6 Å². The molecule has 0 amide bonds. The number of hydrogen-bond donors (Lipinski definition) is 2. The average Bonchev–Trinajstić information content (AvgIpc) is 3.28. The first-order valence-corrected chi connectivity index (χ1v) is 9.00. The fourth-order valence-corrected chi connectivity index (χ4v) is 3.68. The van der Waals surface area contributed by atoms with Crippen LogP contribution in [0.1, 0.15) is 12.8 Å². The molecule has 0 bridgehead atoms. The molecule has 0 aliphatic carbocycles. The van der Waals surface area contributed by atoms with E-state index in [4.69, 9.17) is 4.74 Å². The van der Waals surface area contributed by atoms with Gasteiger partial charge in [0.1, 0.15) is 6.33 Å². The molecule has 9 nitrogen and oxygen atoms in total. The van der Waals surface area contributed by atoms with Gasteiger partial charge in [0.25, 0.3) is 0 Å². The Morgan fingerprint density at radius 3 is 2.92 bits per heavy atom. The molecule has 2 aromatic heterocycles. The lowest BCUT2D eigenvalue weighted by Crippen LogP contribution is -2.20. The molecule has 1 aromatic carbocycles. The van der Waals surface area contributed by atoms with Gasteiger partial charge in [0.2, 0.25) is 11.6 Å². The van der Waals surface area contributed by atoms with Crippen LogP contribution in [0.25, 0.3) is 10.2 Å². The molecule has 2 N–H and O–H groups in total. The van der Waals surface area contributed by atoms with E-state index in [0.29, 0.717) is 11.7 Å². The number of nitrogens with one attached hydrogen (secondary N) is 2. The summed E-state index contributed by atoms with van der Waals surface area (Å²) in [5, 5.41) is 18.1. The maximum Gasteiger partial charge on any atom is 0.353 e. The predicted octanol–water partition coefficient (Wildman–Crippen LogP) is 3.33. The molecule has 3 aromatic rings. The highest BCUT2D eigenvalue weighted by Crippen LogP contribution is 2.34. The number of hydrogen-bond acceptors (Lipinski definition) is 9. The maximum atomic E-state index is 11.6. The van der Waals surface area contributed by atoms with Crippen molar-refractivity contribution in [3.63, 3.8) is 0 Å². The van der Waals surface area contributed by atoms with Crippen molar-refractivity contribution in [2.45, 2.75) is 18.9 Å². The van der Waals surface area contributed by atoms with E-state index >= 15 is 0 Å². The first kappa shape index (κ1) is 16.6. The molecule has 1 fully saturated rings. The van der Waals surface area contributed by atoms with Crippen molar-refractivity contribution in [3.05, 3.63) is 40.7 Å². The number of thiazole rings is 1. The first-order valence-electron chi connectivity index (χ1n) is 8.18. The minimum absolute atomic E-state index is 0.0465. The summed E-state index contributed by atoms with van der Waals surface area (Å²) in [7, 11) is 0. The molecule has 0 spiro atoms. The quantitative estimate of drug-likeness (QED) is 0.500. The smallest absolute Gasteiger partial charge is 0.353 e. The second-order valence-electron chi connectivity index (χ2n) is 5.80. The molecular formula is C16H16N6O3S. The van der Waals surface area contributed by atoms with Crippen molar-refractivity contribution >= 4 is 44.0 Å². The SMILES string of the molecule is O=[N+]([O-])c1c(NCC2CCCO2)ncnc1Nc1nc2ccccc2s1. The summed E-state index contributed by atoms with van der Waals surface area (Å²) in [4.78, 5) is 23.6. The average molecular weight is 372 g/mol. The Kier molecular flexibility index (Phi) is 4.59. The van der Waals surface area contributed by atoms with Crippen molar-refractivity contribution < 1.29 is 9.66 Å². The Morgan fingerprint density at radius 2 is 2.15 bits per heavy atom. The van der Waals surface area contributed by atoms with Crippen molar-refractivity contribution in [2.24, 2.45) is 0 Å². The van der Waals surface area contributed by atoms with Crippen LogP contribution in [0.4, 0.5) is 22.5 Å². The first-order chi connectivity index (χ1) is 12.7. The molecular weight excluding hydrogens is 356 g/mol. The third kappa shape index (κ3) is 3.41. The number of aromatic nitrogens is 3. The highest BCUT2D eigenvalue weighted by atomic mass is 32.1. The molecule has 1 saturated heterocycles. The van der Waals surface area contributed by atoms with Gasteiger partial charge in [-0.25, -0.2) is 15.0 Å². The number of fused-ring (bicyclic) bond motifs is 1. The van der Waals surface area contributed by atoms with Crippen LogP contribution in [0.2, 0.25) is 0 Å². The van der Waals surface area contributed by atoms with Crippen LogP contribution in [0, 0.1) is 10.1 Å². The molecule has 0 saturated carbocycles. The highest BCUT2D eigenvalue weighted by molar-refractivity contribution is 7.22. The van der Waals surface area contributed by atoms with Crippen LogP contribution in [-0.2, 0) is 4.74 Å².